The predicted molar refractivity (Wildman–Crippen MR) is 59.1 cm³/mol. The third kappa shape index (κ3) is 4.91. The molecule has 0 bridgehead atoms. The maximum atomic E-state index is 10.5. The van der Waals surface area contributed by atoms with Gasteiger partial charge in [-0.1, -0.05) is 30.3 Å². The van der Waals surface area contributed by atoms with E-state index in [1.807, 2.05) is 30.3 Å². The number of hydrogen-bond acceptors (Lipinski definition) is 3. The number of methoxy groups -OCH3 is 1. The van der Waals surface area contributed by atoms with Crippen molar-refractivity contribution in [3.63, 3.8) is 0 Å². The summed E-state index contributed by atoms with van der Waals surface area (Å²) in [5.41, 5.74) is 1.06. The zero-order chi connectivity index (χ0) is 11.8. The number of rotatable bonds is 7. The molecule has 16 heavy (non-hydrogen) atoms. The Morgan fingerprint density at radius 3 is 2.62 bits per heavy atom. The van der Waals surface area contributed by atoms with E-state index in [1.54, 1.807) is 0 Å². The van der Waals surface area contributed by atoms with Crippen LogP contribution in [0.15, 0.2) is 30.3 Å². The van der Waals surface area contributed by atoms with Gasteiger partial charge in [0.1, 0.15) is 0 Å². The topological polar surface area (TPSA) is 55.8 Å². The molecule has 1 N–H and O–H groups in total. The molecule has 0 amide bonds. The van der Waals surface area contributed by atoms with Gasteiger partial charge >= 0.3 is 5.97 Å². The highest BCUT2D eigenvalue weighted by Gasteiger charge is 2.12. The minimum absolute atomic E-state index is 0.0364. The van der Waals surface area contributed by atoms with Gasteiger partial charge in [0.2, 0.25) is 0 Å². The van der Waals surface area contributed by atoms with Gasteiger partial charge in [0.15, 0.2) is 0 Å². The molecule has 0 saturated carbocycles. The van der Waals surface area contributed by atoms with E-state index in [0.29, 0.717) is 6.61 Å². The second-order valence-electron chi connectivity index (χ2n) is 3.46. The fraction of sp³-hybridized carbons (Fsp3) is 0.417. The molecular formula is C12H16O4. The summed E-state index contributed by atoms with van der Waals surface area (Å²) in [4.78, 5) is 10.5. The van der Waals surface area contributed by atoms with Crippen molar-refractivity contribution in [2.45, 2.75) is 19.1 Å². The van der Waals surface area contributed by atoms with E-state index in [4.69, 9.17) is 14.6 Å². The van der Waals surface area contributed by atoms with Crippen molar-refractivity contribution in [3.8, 4) is 0 Å². The van der Waals surface area contributed by atoms with Crippen LogP contribution in [0.2, 0.25) is 0 Å². The molecule has 0 saturated heterocycles. The van der Waals surface area contributed by atoms with Crippen LogP contribution >= 0.6 is 0 Å². The molecule has 4 nitrogen and oxygen atoms in total. The SMILES string of the molecule is CO[C@@H](COCc1ccccc1)CC(=O)O. The molecule has 0 fully saturated rings. The van der Waals surface area contributed by atoms with E-state index in [9.17, 15) is 4.79 Å². The second-order valence-corrected chi connectivity index (χ2v) is 3.46. The summed E-state index contributed by atoms with van der Waals surface area (Å²) in [6.07, 6.45) is -0.424. The molecule has 0 heterocycles. The Kier molecular flexibility index (Phi) is 5.53. The third-order valence-electron chi connectivity index (χ3n) is 2.15. The first kappa shape index (κ1) is 12.7. The molecule has 0 unspecified atom stereocenters. The highest BCUT2D eigenvalue weighted by Crippen LogP contribution is 2.03. The number of aliphatic carboxylic acids is 1. The lowest BCUT2D eigenvalue weighted by atomic mass is 10.2. The van der Waals surface area contributed by atoms with Crippen LogP contribution in [0.5, 0.6) is 0 Å². The monoisotopic (exact) mass is 224 g/mol. The summed E-state index contributed by atoms with van der Waals surface area (Å²) in [7, 11) is 1.49. The van der Waals surface area contributed by atoms with Crippen LogP contribution in [0.4, 0.5) is 0 Å². The average Bonchev–Trinajstić information content (AvgIpc) is 2.28. The van der Waals surface area contributed by atoms with Gasteiger partial charge in [0.05, 0.1) is 25.7 Å². The van der Waals surface area contributed by atoms with E-state index >= 15 is 0 Å². The molecule has 0 aliphatic carbocycles. The largest absolute Gasteiger partial charge is 0.481 e. The summed E-state index contributed by atoms with van der Waals surface area (Å²) in [5.74, 6) is -0.879. The van der Waals surface area contributed by atoms with E-state index in [1.165, 1.54) is 7.11 Å². The predicted octanol–water partition coefficient (Wildman–Crippen LogP) is 1.69. The molecule has 1 aromatic carbocycles. The van der Waals surface area contributed by atoms with Crippen molar-refractivity contribution < 1.29 is 19.4 Å². The quantitative estimate of drug-likeness (QED) is 0.765. The molecule has 1 aromatic rings. The van der Waals surface area contributed by atoms with Crippen LogP contribution in [0.1, 0.15) is 12.0 Å². The summed E-state index contributed by atoms with van der Waals surface area (Å²) >= 11 is 0. The Morgan fingerprint density at radius 1 is 1.38 bits per heavy atom. The molecule has 0 aliphatic heterocycles. The van der Waals surface area contributed by atoms with Crippen LogP contribution in [0, 0.1) is 0 Å². The standard InChI is InChI=1S/C12H16O4/c1-15-11(7-12(13)14)9-16-8-10-5-3-2-4-6-10/h2-6,11H,7-9H2,1H3,(H,13,14)/t11-/m1/s1. The van der Waals surface area contributed by atoms with Gasteiger partial charge in [-0.3, -0.25) is 4.79 Å². The number of carbonyl (C=O) groups is 1. The van der Waals surface area contributed by atoms with Gasteiger partial charge < -0.3 is 14.6 Å². The fourth-order valence-electron chi connectivity index (χ4n) is 1.29. The summed E-state index contributed by atoms with van der Waals surface area (Å²) in [6, 6.07) is 9.72. The number of carboxylic acids is 1. The van der Waals surface area contributed by atoms with Gasteiger partial charge in [0.25, 0.3) is 0 Å². The Morgan fingerprint density at radius 2 is 2.06 bits per heavy atom. The first-order valence-corrected chi connectivity index (χ1v) is 5.08. The van der Waals surface area contributed by atoms with Crippen molar-refractivity contribution in [2.24, 2.45) is 0 Å². The van der Waals surface area contributed by atoms with Gasteiger partial charge in [-0.15, -0.1) is 0 Å². The van der Waals surface area contributed by atoms with E-state index in [0.717, 1.165) is 5.56 Å². The van der Waals surface area contributed by atoms with Gasteiger partial charge in [-0.25, -0.2) is 0 Å². The van der Waals surface area contributed by atoms with Crippen molar-refractivity contribution in [1.29, 1.82) is 0 Å². The molecule has 0 spiro atoms. The minimum Gasteiger partial charge on any atom is -0.481 e. The Labute approximate surface area is 94.8 Å². The Hall–Kier alpha value is -1.39. The smallest absolute Gasteiger partial charge is 0.306 e. The average molecular weight is 224 g/mol. The molecule has 88 valence electrons. The maximum absolute atomic E-state index is 10.5. The molecular weight excluding hydrogens is 208 g/mol. The molecule has 1 atom stereocenters. The summed E-state index contributed by atoms with van der Waals surface area (Å²) < 4.78 is 10.4. The lowest BCUT2D eigenvalue weighted by Gasteiger charge is -2.13. The third-order valence-corrected chi connectivity index (χ3v) is 2.15. The first-order chi connectivity index (χ1) is 7.72. The van der Waals surface area contributed by atoms with Gasteiger partial charge in [-0.2, -0.15) is 0 Å². The highest BCUT2D eigenvalue weighted by atomic mass is 16.5. The van der Waals surface area contributed by atoms with E-state index in [-0.39, 0.29) is 19.1 Å². The van der Waals surface area contributed by atoms with Crippen LogP contribution in [0.3, 0.4) is 0 Å². The van der Waals surface area contributed by atoms with Crippen molar-refractivity contribution >= 4 is 5.97 Å². The highest BCUT2D eigenvalue weighted by molar-refractivity contribution is 5.67. The maximum Gasteiger partial charge on any atom is 0.306 e. The van der Waals surface area contributed by atoms with Crippen molar-refractivity contribution in [2.75, 3.05) is 13.7 Å². The van der Waals surface area contributed by atoms with E-state index in [2.05, 4.69) is 0 Å². The number of ether oxygens (including phenoxy) is 2. The van der Waals surface area contributed by atoms with Gasteiger partial charge in [0, 0.05) is 7.11 Å². The van der Waals surface area contributed by atoms with Crippen molar-refractivity contribution in [1.82, 2.24) is 0 Å². The normalized spacial score (nSPS) is 12.3. The molecule has 1 rings (SSSR count). The lowest BCUT2D eigenvalue weighted by Crippen LogP contribution is -2.21. The number of hydrogen-bond donors (Lipinski definition) is 1. The second kappa shape index (κ2) is 6.98. The molecule has 0 aliphatic rings. The summed E-state index contributed by atoms with van der Waals surface area (Å²) in [5, 5.41) is 8.60. The molecule has 4 heteroatoms. The minimum atomic E-state index is -0.879. The summed E-state index contributed by atoms with van der Waals surface area (Å²) in [6.45, 7) is 0.762. The molecule has 0 aromatic heterocycles. The first-order valence-electron chi connectivity index (χ1n) is 5.08. The number of carboxylic acid groups (broad SMARTS) is 1. The van der Waals surface area contributed by atoms with Crippen LogP contribution < -0.4 is 0 Å². The van der Waals surface area contributed by atoms with Crippen molar-refractivity contribution in [3.05, 3.63) is 35.9 Å². The van der Waals surface area contributed by atoms with Crippen LogP contribution in [-0.2, 0) is 20.9 Å². The lowest BCUT2D eigenvalue weighted by molar-refractivity contribution is -0.141. The van der Waals surface area contributed by atoms with Crippen LogP contribution in [-0.4, -0.2) is 30.9 Å². The molecule has 0 radical (unpaired) electrons. The zero-order valence-electron chi connectivity index (χ0n) is 9.26. The Balaban J connectivity index is 2.26. The zero-order valence-corrected chi connectivity index (χ0v) is 9.26. The van der Waals surface area contributed by atoms with E-state index < -0.39 is 5.97 Å². The van der Waals surface area contributed by atoms with Gasteiger partial charge in [-0.05, 0) is 5.56 Å². The van der Waals surface area contributed by atoms with Crippen LogP contribution in [0.25, 0.3) is 0 Å². The fourth-order valence-corrected chi connectivity index (χ4v) is 1.29. The Bertz CT molecular complexity index is 310. The number of benzene rings is 1.